The molecule has 1 saturated carbocycles. The van der Waals surface area contributed by atoms with Gasteiger partial charge in [-0.1, -0.05) is 67.3 Å². The van der Waals surface area contributed by atoms with Crippen molar-refractivity contribution in [3.05, 3.63) is 81.2 Å². The molecule has 0 spiro atoms. The molecule has 1 amide bonds. The molecule has 1 fully saturated rings. The first-order valence-corrected chi connectivity index (χ1v) is 12.7. The van der Waals surface area contributed by atoms with E-state index in [9.17, 15) is 9.59 Å². The Bertz CT molecular complexity index is 1490. The fourth-order valence-electron chi connectivity index (χ4n) is 5.29. The lowest BCUT2D eigenvalue weighted by molar-refractivity contribution is -0.151. The highest BCUT2D eigenvalue weighted by Gasteiger charge is 2.45. The molecular weight excluding hydrogens is 478 g/mol. The minimum atomic E-state index is -0.936. The molecule has 0 radical (unpaired) electrons. The second-order valence-corrected chi connectivity index (χ2v) is 9.93. The van der Waals surface area contributed by atoms with E-state index in [0.717, 1.165) is 42.5 Å². The van der Waals surface area contributed by atoms with Crippen LogP contribution < -0.4 is 10.5 Å². The van der Waals surface area contributed by atoms with Crippen LogP contribution in [0.4, 0.5) is 5.69 Å². The van der Waals surface area contributed by atoms with Gasteiger partial charge in [-0.05, 0) is 37.0 Å². The fourth-order valence-corrected chi connectivity index (χ4v) is 5.46. The summed E-state index contributed by atoms with van der Waals surface area (Å²) in [7, 11) is 0. The zero-order chi connectivity index (χ0) is 24.7. The summed E-state index contributed by atoms with van der Waals surface area (Å²) >= 11 is 6.24. The topological polar surface area (TPSA) is 92.6 Å². The van der Waals surface area contributed by atoms with E-state index in [-0.39, 0.29) is 18.1 Å². The van der Waals surface area contributed by atoms with E-state index >= 15 is 0 Å². The summed E-state index contributed by atoms with van der Waals surface area (Å²) in [5, 5.41) is 4.96. The Hall–Kier alpha value is -3.49. The van der Waals surface area contributed by atoms with Crippen molar-refractivity contribution in [3.8, 4) is 11.4 Å². The molecule has 8 nitrogen and oxygen atoms in total. The Kier molecular flexibility index (Phi) is 5.85. The second-order valence-electron chi connectivity index (χ2n) is 9.49. The van der Waals surface area contributed by atoms with Crippen LogP contribution in [-0.2, 0) is 22.6 Å². The summed E-state index contributed by atoms with van der Waals surface area (Å²) in [6.07, 6.45) is 5.01. The Morgan fingerprint density at radius 3 is 2.69 bits per heavy atom. The number of halogens is 1. The molecule has 3 heterocycles. The summed E-state index contributed by atoms with van der Waals surface area (Å²) in [6, 6.07) is 16.7. The number of ether oxygens (including phenoxy) is 1. The molecule has 0 bridgehead atoms. The van der Waals surface area contributed by atoms with Gasteiger partial charge in [0.2, 0.25) is 5.78 Å². The van der Waals surface area contributed by atoms with E-state index in [1.165, 1.54) is 10.6 Å². The largest absolute Gasteiger partial charge is 0.359 e. The van der Waals surface area contributed by atoms with Crippen LogP contribution in [-0.4, -0.2) is 37.6 Å². The van der Waals surface area contributed by atoms with Crippen LogP contribution in [0.2, 0.25) is 5.02 Å². The van der Waals surface area contributed by atoms with Crippen LogP contribution in [0.15, 0.2) is 59.4 Å². The van der Waals surface area contributed by atoms with Gasteiger partial charge in [0.1, 0.15) is 5.60 Å². The molecule has 184 valence electrons. The third-order valence-corrected chi connectivity index (χ3v) is 7.40. The number of H-pyrrole nitrogens is 1. The van der Waals surface area contributed by atoms with E-state index in [1.54, 1.807) is 0 Å². The number of nitrogens with one attached hydrogen (secondary N) is 1. The van der Waals surface area contributed by atoms with Crippen molar-refractivity contribution >= 4 is 29.0 Å². The molecule has 1 N–H and O–H groups in total. The Labute approximate surface area is 212 Å². The van der Waals surface area contributed by atoms with Crippen LogP contribution in [0.3, 0.4) is 0 Å². The average molecular weight is 504 g/mol. The maximum atomic E-state index is 13.9. The molecule has 2 aromatic heterocycles. The predicted molar refractivity (Wildman–Crippen MR) is 137 cm³/mol. The smallest absolute Gasteiger partial charge is 0.275 e. The monoisotopic (exact) mass is 503 g/mol. The second kappa shape index (κ2) is 9.19. The van der Waals surface area contributed by atoms with E-state index in [0.29, 0.717) is 41.7 Å². The fraction of sp³-hybridized carbons (Fsp3) is 0.333. The van der Waals surface area contributed by atoms with E-state index in [4.69, 9.17) is 16.3 Å². The van der Waals surface area contributed by atoms with Crippen molar-refractivity contribution in [1.29, 1.82) is 0 Å². The van der Waals surface area contributed by atoms with Crippen LogP contribution >= 0.6 is 11.6 Å². The molecule has 36 heavy (non-hydrogen) atoms. The number of aromatic nitrogens is 4. The first-order chi connectivity index (χ1) is 17.5. The Morgan fingerprint density at radius 2 is 1.89 bits per heavy atom. The predicted octanol–water partition coefficient (Wildman–Crippen LogP) is 4.55. The molecule has 0 atom stereocenters. The molecule has 1 aliphatic heterocycles. The molecule has 4 aromatic rings. The van der Waals surface area contributed by atoms with Gasteiger partial charge in [0, 0.05) is 34.6 Å². The van der Waals surface area contributed by atoms with Crippen molar-refractivity contribution < 1.29 is 9.53 Å². The molecule has 0 saturated heterocycles. The van der Waals surface area contributed by atoms with Crippen LogP contribution in [0.5, 0.6) is 0 Å². The zero-order valence-electron chi connectivity index (χ0n) is 19.7. The molecule has 6 rings (SSSR count). The lowest BCUT2D eigenvalue weighted by atomic mass is 9.83. The highest BCUT2D eigenvalue weighted by atomic mass is 35.5. The van der Waals surface area contributed by atoms with Crippen molar-refractivity contribution in [2.75, 3.05) is 11.4 Å². The lowest BCUT2D eigenvalue weighted by Gasteiger charge is -2.38. The highest BCUT2D eigenvalue weighted by molar-refractivity contribution is 6.31. The number of amides is 1. The van der Waals surface area contributed by atoms with Gasteiger partial charge in [0.25, 0.3) is 11.5 Å². The highest BCUT2D eigenvalue weighted by Crippen LogP contribution is 2.39. The van der Waals surface area contributed by atoms with Gasteiger partial charge in [0.05, 0.1) is 6.61 Å². The number of rotatable bonds is 5. The summed E-state index contributed by atoms with van der Waals surface area (Å²) in [6.45, 7) is 0.714. The van der Waals surface area contributed by atoms with Gasteiger partial charge >= 0.3 is 0 Å². The molecular formula is C27H26ClN5O3. The van der Waals surface area contributed by atoms with Gasteiger partial charge in [-0.25, -0.2) is 0 Å². The zero-order valence-corrected chi connectivity index (χ0v) is 20.5. The quantitative estimate of drug-likeness (QED) is 0.431. The number of aromatic amines is 1. The van der Waals surface area contributed by atoms with Crippen LogP contribution in [0.1, 0.15) is 43.4 Å². The van der Waals surface area contributed by atoms with Crippen molar-refractivity contribution in [2.45, 2.75) is 50.7 Å². The van der Waals surface area contributed by atoms with Gasteiger partial charge in [0.15, 0.2) is 5.82 Å². The normalized spacial score (nSPS) is 16.9. The minimum Gasteiger partial charge on any atom is -0.359 e. The van der Waals surface area contributed by atoms with Gasteiger partial charge < -0.3 is 14.6 Å². The van der Waals surface area contributed by atoms with Crippen LogP contribution in [0.25, 0.3) is 17.2 Å². The number of fused-ring (bicyclic) bond motifs is 2. The maximum Gasteiger partial charge on any atom is 0.275 e. The third-order valence-electron chi connectivity index (χ3n) is 7.16. The number of hydrogen-bond donors (Lipinski definition) is 1. The third kappa shape index (κ3) is 4.10. The van der Waals surface area contributed by atoms with Crippen molar-refractivity contribution in [3.63, 3.8) is 0 Å². The first kappa shape index (κ1) is 22.9. The number of nitrogens with zero attached hydrogens (tertiary/aromatic N) is 4. The minimum absolute atomic E-state index is 0.0273. The lowest BCUT2D eigenvalue weighted by Crippen LogP contribution is -2.51. The average Bonchev–Trinajstić information content (AvgIpc) is 3.53. The maximum absolute atomic E-state index is 13.9. The standard InChI is InChI=1S/C27H26ClN5O3/c28-20-10-9-18-11-14-32(22(18)15-20)25(35)27(12-5-2-6-13-27)36-17-21-16-23(34)33-26(29-21)30-24(31-33)19-7-3-1-4-8-19/h1,3-4,7-10,15-16H,2,5-6,11-14,17H2,(H,29,30,31). The number of carbonyl (C=O) groups is 1. The Morgan fingerprint density at radius 1 is 1.08 bits per heavy atom. The number of anilines is 1. The van der Waals surface area contributed by atoms with E-state index in [1.807, 2.05) is 53.4 Å². The first-order valence-electron chi connectivity index (χ1n) is 12.3. The number of hydrogen-bond acceptors (Lipinski definition) is 5. The van der Waals surface area contributed by atoms with Crippen LogP contribution in [0, 0.1) is 0 Å². The Balaban J connectivity index is 1.28. The SMILES string of the molecule is O=C(N1CCc2ccc(Cl)cc21)C1(OCc2cc(=O)n3nc(-c4ccccc4)nc3[nH]2)CCCCC1. The van der Waals surface area contributed by atoms with E-state index < -0.39 is 5.60 Å². The summed E-state index contributed by atoms with van der Waals surface area (Å²) in [5.74, 6) is 0.778. The van der Waals surface area contributed by atoms with E-state index in [2.05, 4.69) is 15.1 Å². The summed E-state index contributed by atoms with van der Waals surface area (Å²) < 4.78 is 7.67. The number of carbonyl (C=O) groups excluding carboxylic acids is 1. The van der Waals surface area contributed by atoms with Crippen molar-refractivity contribution in [2.24, 2.45) is 0 Å². The van der Waals surface area contributed by atoms with Gasteiger partial charge in [-0.3, -0.25) is 9.59 Å². The molecule has 1 aliphatic carbocycles. The molecule has 9 heteroatoms. The van der Waals surface area contributed by atoms with Gasteiger partial charge in [-0.15, -0.1) is 5.10 Å². The molecule has 2 aliphatic rings. The molecule has 0 unspecified atom stereocenters. The summed E-state index contributed by atoms with van der Waals surface area (Å²) in [5.41, 5.74) is 2.13. The summed E-state index contributed by atoms with van der Waals surface area (Å²) in [4.78, 5) is 36.2. The van der Waals surface area contributed by atoms with Crippen molar-refractivity contribution in [1.82, 2.24) is 19.6 Å². The number of benzene rings is 2. The van der Waals surface area contributed by atoms with Gasteiger partial charge in [-0.2, -0.15) is 9.50 Å². The molecule has 2 aromatic carbocycles.